The number of hydrogen-bond acceptors (Lipinski definition) is 3. The summed E-state index contributed by atoms with van der Waals surface area (Å²) in [6.07, 6.45) is 2.64. The van der Waals surface area contributed by atoms with Crippen LogP contribution in [0.2, 0.25) is 0 Å². The van der Waals surface area contributed by atoms with Crippen LogP contribution in [0.3, 0.4) is 0 Å². The topological polar surface area (TPSA) is 35.5 Å². The molecule has 0 saturated carbocycles. The lowest BCUT2D eigenvalue weighted by Crippen LogP contribution is -2.15. The first kappa shape index (κ1) is 8.11. The van der Waals surface area contributed by atoms with Gasteiger partial charge in [0.15, 0.2) is 6.10 Å². The Kier molecular flexibility index (Phi) is 2.52. The molecule has 3 heteroatoms. The molecule has 1 aliphatic rings. The van der Waals surface area contributed by atoms with E-state index in [1.54, 1.807) is 6.92 Å². The van der Waals surface area contributed by atoms with Crippen molar-refractivity contribution < 1.29 is 14.3 Å². The van der Waals surface area contributed by atoms with Gasteiger partial charge in [-0.15, -0.1) is 0 Å². The van der Waals surface area contributed by atoms with Crippen LogP contribution in [0.5, 0.6) is 0 Å². The van der Waals surface area contributed by atoms with E-state index in [9.17, 15) is 4.79 Å². The summed E-state index contributed by atoms with van der Waals surface area (Å²) in [4.78, 5) is 10.5. The quantitative estimate of drug-likeness (QED) is 0.564. The second-order valence-corrected chi connectivity index (χ2v) is 2.50. The largest absolute Gasteiger partial charge is 0.494 e. The van der Waals surface area contributed by atoms with Gasteiger partial charge in [-0.1, -0.05) is 0 Å². The molecule has 1 heterocycles. The molecule has 0 N–H and O–H groups in total. The van der Waals surface area contributed by atoms with Crippen molar-refractivity contribution in [2.45, 2.75) is 26.4 Å². The minimum Gasteiger partial charge on any atom is -0.494 e. The van der Waals surface area contributed by atoms with Crippen molar-refractivity contribution >= 4 is 5.97 Å². The fourth-order valence-corrected chi connectivity index (χ4v) is 1.03. The molecular formula is C8H12O3. The molecule has 62 valence electrons. The molecule has 0 saturated heterocycles. The van der Waals surface area contributed by atoms with Crippen molar-refractivity contribution in [2.75, 3.05) is 6.61 Å². The smallest absolute Gasteiger partial charge is 0.303 e. The van der Waals surface area contributed by atoms with Crippen molar-refractivity contribution in [1.29, 1.82) is 0 Å². The van der Waals surface area contributed by atoms with Gasteiger partial charge < -0.3 is 9.47 Å². The summed E-state index contributed by atoms with van der Waals surface area (Å²) in [5, 5.41) is 0. The van der Waals surface area contributed by atoms with E-state index in [0.29, 0.717) is 6.61 Å². The predicted molar refractivity (Wildman–Crippen MR) is 39.9 cm³/mol. The Balaban J connectivity index is 2.40. The van der Waals surface area contributed by atoms with E-state index in [1.165, 1.54) is 6.92 Å². The van der Waals surface area contributed by atoms with Crippen molar-refractivity contribution in [3.05, 3.63) is 11.8 Å². The van der Waals surface area contributed by atoms with Crippen LogP contribution in [0.1, 0.15) is 20.3 Å². The van der Waals surface area contributed by atoms with Crippen molar-refractivity contribution in [2.24, 2.45) is 0 Å². The Labute approximate surface area is 66.0 Å². The number of carbonyl (C=O) groups excluding carboxylic acids is 1. The lowest BCUT2D eigenvalue weighted by molar-refractivity contribution is -0.145. The monoisotopic (exact) mass is 156 g/mol. The molecule has 0 aromatic heterocycles. The molecule has 0 bridgehead atoms. The second-order valence-electron chi connectivity index (χ2n) is 2.50. The fraction of sp³-hybridized carbons (Fsp3) is 0.625. The van der Waals surface area contributed by atoms with Gasteiger partial charge in [0.25, 0.3) is 0 Å². The fourth-order valence-electron chi connectivity index (χ4n) is 1.03. The highest BCUT2D eigenvalue weighted by molar-refractivity contribution is 5.66. The maximum atomic E-state index is 10.5. The highest BCUT2D eigenvalue weighted by Crippen LogP contribution is 2.15. The first-order valence-electron chi connectivity index (χ1n) is 3.70. The Morgan fingerprint density at radius 1 is 1.82 bits per heavy atom. The molecular weight excluding hydrogens is 144 g/mol. The molecule has 0 aromatic rings. The summed E-state index contributed by atoms with van der Waals surface area (Å²) in [7, 11) is 0. The standard InChI is InChI=1S/C8H12O3/c1-6(11-7(2)9)8-4-3-5-10-8/h4,6H,3,5H2,1-2H3. The Hall–Kier alpha value is -0.990. The predicted octanol–water partition coefficient (Wildman–Crippen LogP) is 1.24. The molecule has 0 aliphatic carbocycles. The molecule has 0 fully saturated rings. The van der Waals surface area contributed by atoms with E-state index in [0.717, 1.165) is 12.2 Å². The van der Waals surface area contributed by atoms with Gasteiger partial charge in [0.05, 0.1) is 6.61 Å². The van der Waals surface area contributed by atoms with Gasteiger partial charge in [-0.05, 0) is 13.0 Å². The van der Waals surface area contributed by atoms with E-state index in [-0.39, 0.29) is 12.1 Å². The molecule has 1 atom stereocenters. The summed E-state index contributed by atoms with van der Waals surface area (Å²) in [6.45, 7) is 3.91. The average Bonchev–Trinajstić information content (AvgIpc) is 2.35. The van der Waals surface area contributed by atoms with E-state index >= 15 is 0 Å². The van der Waals surface area contributed by atoms with Crippen LogP contribution in [0.4, 0.5) is 0 Å². The summed E-state index contributed by atoms with van der Waals surface area (Å²) in [6, 6.07) is 0. The Morgan fingerprint density at radius 2 is 2.55 bits per heavy atom. The molecule has 11 heavy (non-hydrogen) atoms. The third-order valence-electron chi connectivity index (χ3n) is 1.48. The molecule has 0 aromatic carbocycles. The van der Waals surface area contributed by atoms with Gasteiger partial charge in [-0.25, -0.2) is 0 Å². The summed E-state index contributed by atoms with van der Waals surface area (Å²) >= 11 is 0. The minimum atomic E-state index is -0.270. The third-order valence-corrected chi connectivity index (χ3v) is 1.48. The molecule has 0 radical (unpaired) electrons. The zero-order chi connectivity index (χ0) is 8.27. The maximum absolute atomic E-state index is 10.5. The van der Waals surface area contributed by atoms with E-state index in [4.69, 9.17) is 9.47 Å². The van der Waals surface area contributed by atoms with Crippen molar-refractivity contribution in [3.63, 3.8) is 0 Å². The van der Waals surface area contributed by atoms with Crippen LogP contribution < -0.4 is 0 Å². The van der Waals surface area contributed by atoms with E-state index < -0.39 is 0 Å². The van der Waals surface area contributed by atoms with Gasteiger partial charge in [0, 0.05) is 13.3 Å². The maximum Gasteiger partial charge on any atom is 0.303 e. The SMILES string of the molecule is CC(=O)OC(C)C1=CCCO1. The molecule has 1 rings (SSSR count). The summed E-state index contributed by atoms with van der Waals surface area (Å²) in [5.41, 5.74) is 0. The van der Waals surface area contributed by atoms with Gasteiger partial charge in [-0.2, -0.15) is 0 Å². The highest BCUT2D eigenvalue weighted by atomic mass is 16.6. The van der Waals surface area contributed by atoms with Crippen LogP contribution in [-0.4, -0.2) is 18.7 Å². The first-order valence-corrected chi connectivity index (χ1v) is 3.70. The molecule has 3 nitrogen and oxygen atoms in total. The first-order chi connectivity index (χ1) is 5.20. The molecule has 0 amide bonds. The zero-order valence-electron chi connectivity index (χ0n) is 6.79. The van der Waals surface area contributed by atoms with Gasteiger partial charge in [0.2, 0.25) is 0 Å². The number of rotatable bonds is 2. The summed E-state index contributed by atoms with van der Waals surface area (Å²) < 4.78 is 10.1. The molecule has 0 spiro atoms. The number of ether oxygens (including phenoxy) is 2. The normalized spacial score (nSPS) is 18.5. The van der Waals surface area contributed by atoms with E-state index in [1.807, 2.05) is 6.08 Å². The van der Waals surface area contributed by atoms with E-state index in [2.05, 4.69) is 0 Å². The second kappa shape index (κ2) is 3.42. The number of hydrogen-bond donors (Lipinski definition) is 0. The lowest BCUT2D eigenvalue weighted by Gasteiger charge is -2.12. The van der Waals surface area contributed by atoms with Crippen molar-refractivity contribution in [1.82, 2.24) is 0 Å². The Morgan fingerprint density at radius 3 is 3.00 bits per heavy atom. The van der Waals surface area contributed by atoms with Gasteiger partial charge >= 0.3 is 5.97 Å². The van der Waals surface area contributed by atoms with Crippen LogP contribution in [-0.2, 0) is 14.3 Å². The summed E-state index contributed by atoms with van der Waals surface area (Å²) in [5.74, 6) is 0.508. The third kappa shape index (κ3) is 2.26. The average molecular weight is 156 g/mol. The molecule has 1 unspecified atom stereocenters. The van der Waals surface area contributed by atoms with Crippen LogP contribution in [0, 0.1) is 0 Å². The van der Waals surface area contributed by atoms with Gasteiger partial charge in [-0.3, -0.25) is 4.79 Å². The highest BCUT2D eigenvalue weighted by Gasteiger charge is 2.15. The van der Waals surface area contributed by atoms with Crippen LogP contribution in [0.15, 0.2) is 11.8 Å². The van der Waals surface area contributed by atoms with Crippen molar-refractivity contribution in [3.8, 4) is 0 Å². The van der Waals surface area contributed by atoms with Crippen LogP contribution >= 0.6 is 0 Å². The lowest BCUT2D eigenvalue weighted by atomic mass is 10.3. The number of esters is 1. The zero-order valence-corrected chi connectivity index (χ0v) is 6.79. The number of carbonyl (C=O) groups is 1. The molecule has 1 aliphatic heterocycles. The minimum absolute atomic E-state index is 0.227. The van der Waals surface area contributed by atoms with Gasteiger partial charge in [0.1, 0.15) is 5.76 Å². The Bertz CT molecular complexity index is 184. The van der Waals surface area contributed by atoms with Crippen LogP contribution in [0.25, 0.3) is 0 Å².